The summed E-state index contributed by atoms with van der Waals surface area (Å²) in [5.74, 6) is 0.585. The number of thiophene rings is 1. The Morgan fingerprint density at radius 1 is 1.12 bits per heavy atom. The summed E-state index contributed by atoms with van der Waals surface area (Å²) >= 11 is 3.62. The summed E-state index contributed by atoms with van der Waals surface area (Å²) in [7, 11) is 0. The highest BCUT2D eigenvalue weighted by Crippen LogP contribution is 2.33. The molecular formula is C13H19NS2. The van der Waals surface area contributed by atoms with Crippen molar-refractivity contribution in [2.75, 3.05) is 0 Å². The monoisotopic (exact) mass is 253 g/mol. The molecule has 2 aromatic rings. The van der Waals surface area contributed by atoms with Crippen LogP contribution in [0.4, 0.5) is 0 Å². The Hall–Kier alpha value is -0.670. The van der Waals surface area contributed by atoms with Crippen LogP contribution in [0.25, 0.3) is 9.88 Å². The van der Waals surface area contributed by atoms with E-state index in [0.717, 1.165) is 5.01 Å². The second-order valence-corrected chi connectivity index (χ2v) is 5.98. The molecular weight excluding hydrogens is 234 g/mol. The van der Waals surface area contributed by atoms with Gasteiger partial charge in [-0.25, -0.2) is 4.98 Å². The van der Waals surface area contributed by atoms with Gasteiger partial charge in [0.25, 0.3) is 0 Å². The zero-order valence-corrected chi connectivity index (χ0v) is 12.2. The lowest BCUT2D eigenvalue weighted by molar-refractivity contribution is 0.885. The van der Waals surface area contributed by atoms with Gasteiger partial charge in [0.05, 0.1) is 4.88 Å². The van der Waals surface area contributed by atoms with Crippen molar-refractivity contribution < 1.29 is 0 Å². The Balaban J connectivity index is 0.000000606. The lowest BCUT2D eigenvalue weighted by Crippen LogP contribution is -1.77. The van der Waals surface area contributed by atoms with Crippen LogP contribution >= 0.6 is 22.7 Å². The van der Waals surface area contributed by atoms with Gasteiger partial charge in [0, 0.05) is 16.0 Å². The Morgan fingerprint density at radius 2 is 1.81 bits per heavy atom. The van der Waals surface area contributed by atoms with E-state index in [2.05, 4.69) is 37.9 Å². The van der Waals surface area contributed by atoms with Gasteiger partial charge in [-0.05, 0) is 25.0 Å². The molecule has 0 bridgehead atoms. The van der Waals surface area contributed by atoms with E-state index < -0.39 is 0 Å². The van der Waals surface area contributed by atoms with Crippen molar-refractivity contribution in [1.82, 2.24) is 4.98 Å². The largest absolute Gasteiger partial charge is 0.243 e. The van der Waals surface area contributed by atoms with Crippen LogP contribution in [0.1, 0.15) is 43.4 Å². The zero-order chi connectivity index (χ0) is 12.1. The van der Waals surface area contributed by atoms with Crippen LogP contribution in [0.5, 0.6) is 0 Å². The maximum Gasteiger partial charge on any atom is 0.133 e. The van der Waals surface area contributed by atoms with E-state index in [4.69, 9.17) is 0 Å². The van der Waals surface area contributed by atoms with Gasteiger partial charge >= 0.3 is 0 Å². The van der Waals surface area contributed by atoms with Gasteiger partial charge in [0.15, 0.2) is 0 Å². The van der Waals surface area contributed by atoms with Gasteiger partial charge < -0.3 is 0 Å². The van der Waals surface area contributed by atoms with Gasteiger partial charge in [-0.1, -0.05) is 27.7 Å². The molecule has 0 aliphatic rings. The Morgan fingerprint density at radius 3 is 2.25 bits per heavy atom. The van der Waals surface area contributed by atoms with Gasteiger partial charge in [-0.3, -0.25) is 0 Å². The maximum absolute atomic E-state index is 4.45. The quantitative estimate of drug-likeness (QED) is 0.705. The predicted molar refractivity (Wildman–Crippen MR) is 75.6 cm³/mol. The standard InChI is InChI=1S/C11H13NS2.C2H6/c1-7(2)10-6-12-11(14-10)9-5-4-8(3)13-9;1-2/h4-7H,1-3H3;1-2H3. The smallest absolute Gasteiger partial charge is 0.133 e. The van der Waals surface area contributed by atoms with E-state index in [0.29, 0.717) is 5.92 Å². The first kappa shape index (κ1) is 13.4. The molecule has 16 heavy (non-hydrogen) atoms. The van der Waals surface area contributed by atoms with E-state index in [1.807, 2.05) is 31.4 Å². The molecule has 2 rings (SSSR count). The highest BCUT2D eigenvalue weighted by molar-refractivity contribution is 7.21. The first-order valence-electron chi connectivity index (χ1n) is 5.69. The molecule has 0 saturated heterocycles. The van der Waals surface area contributed by atoms with Crippen LogP contribution in [0.15, 0.2) is 18.3 Å². The van der Waals surface area contributed by atoms with Gasteiger partial charge in [0.1, 0.15) is 5.01 Å². The molecule has 3 heteroatoms. The normalized spacial score (nSPS) is 10.1. The summed E-state index contributed by atoms with van der Waals surface area (Å²) in [4.78, 5) is 8.46. The molecule has 2 heterocycles. The van der Waals surface area contributed by atoms with Gasteiger partial charge in [-0.15, -0.1) is 22.7 Å². The first-order chi connectivity index (χ1) is 7.66. The fourth-order valence-electron chi connectivity index (χ4n) is 1.22. The Labute approximate surface area is 106 Å². The minimum Gasteiger partial charge on any atom is -0.243 e. The van der Waals surface area contributed by atoms with Crippen molar-refractivity contribution in [3.8, 4) is 9.88 Å². The predicted octanol–water partition coefficient (Wildman–Crippen LogP) is 5.33. The third-order valence-corrected chi connectivity index (χ3v) is 4.51. The number of aromatic nitrogens is 1. The third-order valence-electron chi connectivity index (χ3n) is 2.04. The molecule has 0 aliphatic carbocycles. The Bertz CT molecular complexity index is 427. The molecule has 0 amide bonds. The second kappa shape index (κ2) is 6.16. The molecule has 0 spiro atoms. The molecule has 0 atom stereocenters. The third kappa shape index (κ3) is 3.16. The number of nitrogens with zero attached hydrogens (tertiary/aromatic N) is 1. The fraction of sp³-hybridized carbons (Fsp3) is 0.462. The lowest BCUT2D eigenvalue weighted by atomic mass is 10.2. The van der Waals surface area contributed by atoms with Gasteiger partial charge in [0.2, 0.25) is 0 Å². The van der Waals surface area contributed by atoms with Crippen LogP contribution in [0.2, 0.25) is 0 Å². The highest BCUT2D eigenvalue weighted by Gasteiger charge is 2.08. The average molecular weight is 253 g/mol. The van der Waals surface area contributed by atoms with Crippen molar-refractivity contribution >= 4 is 22.7 Å². The minimum atomic E-state index is 0.585. The molecule has 0 unspecified atom stereocenters. The fourth-order valence-corrected chi connectivity index (χ4v) is 3.06. The molecule has 0 fully saturated rings. The van der Waals surface area contributed by atoms with E-state index in [1.54, 1.807) is 11.3 Å². The summed E-state index contributed by atoms with van der Waals surface area (Å²) in [5, 5.41) is 1.16. The van der Waals surface area contributed by atoms with Crippen molar-refractivity contribution in [1.29, 1.82) is 0 Å². The van der Waals surface area contributed by atoms with Crippen LogP contribution in [0, 0.1) is 6.92 Å². The molecule has 0 N–H and O–H groups in total. The highest BCUT2D eigenvalue weighted by atomic mass is 32.1. The van der Waals surface area contributed by atoms with Crippen molar-refractivity contribution in [3.05, 3.63) is 28.1 Å². The molecule has 0 saturated carbocycles. The Kier molecular flexibility index (Phi) is 5.16. The zero-order valence-electron chi connectivity index (χ0n) is 10.6. The summed E-state index contributed by atoms with van der Waals surface area (Å²) in [6.45, 7) is 10.5. The molecule has 0 aromatic carbocycles. The first-order valence-corrected chi connectivity index (χ1v) is 7.32. The molecule has 0 aliphatic heterocycles. The summed E-state index contributed by atoms with van der Waals surface area (Å²) in [6.07, 6.45) is 2.00. The minimum absolute atomic E-state index is 0.585. The van der Waals surface area contributed by atoms with Crippen molar-refractivity contribution in [2.24, 2.45) is 0 Å². The molecule has 1 nitrogen and oxygen atoms in total. The van der Waals surface area contributed by atoms with Gasteiger partial charge in [-0.2, -0.15) is 0 Å². The van der Waals surface area contributed by atoms with Crippen molar-refractivity contribution in [2.45, 2.75) is 40.5 Å². The van der Waals surface area contributed by atoms with E-state index in [9.17, 15) is 0 Å². The number of hydrogen-bond donors (Lipinski definition) is 0. The second-order valence-electron chi connectivity index (χ2n) is 3.63. The summed E-state index contributed by atoms with van der Waals surface area (Å²) in [5.41, 5.74) is 0. The molecule has 88 valence electrons. The lowest BCUT2D eigenvalue weighted by Gasteiger charge is -1.95. The van der Waals surface area contributed by atoms with Crippen LogP contribution in [-0.2, 0) is 0 Å². The van der Waals surface area contributed by atoms with Crippen LogP contribution in [-0.4, -0.2) is 4.98 Å². The number of hydrogen-bond acceptors (Lipinski definition) is 3. The van der Waals surface area contributed by atoms with Crippen LogP contribution in [0.3, 0.4) is 0 Å². The number of aryl methyl sites for hydroxylation is 1. The van der Waals surface area contributed by atoms with Crippen molar-refractivity contribution in [3.63, 3.8) is 0 Å². The number of thiazole rings is 1. The molecule has 2 aromatic heterocycles. The summed E-state index contributed by atoms with van der Waals surface area (Å²) < 4.78 is 0. The number of rotatable bonds is 2. The molecule has 0 radical (unpaired) electrons. The van der Waals surface area contributed by atoms with E-state index in [1.165, 1.54) is 14.6 Å². The van der Waals surface area contributed by atoms with E-state index >= 15 is 0 Å². The van der Waals surface area contributed by atoms with Crippen LogP contribution < -0.4 is 0 Å². The van der Waals surface area contributed by atoms with E-state index in [-0.39, 0.29) is 0 Å². The topological polar surface area (TPSA) is 12.9 Å². The maximum atomic E-state index is 4.45. The average Bonchev–Trinajstić information content (AvgIpc) is 2.88. The SMILES string of the molecule is CC.Cc1ccc(-c2ncc(C(C)C)s2)s1. The summed E-state index contributed by atoms with van der Waals surface area (Å²) in [6, 6.07) is 4.30.